The molecule has 0 aliphatic carbocycles. The SMILES string of the molecule is CCCCCOCC(Cc1ccccc1)CN(Cc1ccc(O)c(OC)c1)C(N)=S. The lowest BCUT2D eigenvalue weighted by molar-refractivity contribution is 0.0872. The van der Waals surface area contributed by atoms with Crippen molar-refractivity contribution in [3.63, 3.8) is 0 Å². The molecule has 0 saturated heterocycles. The molecule has 0 aromatic heterocycles. The van der Waals surface area contributed by atoms with Crippen molar-refractivity contribution in [2.75, 3.05) is 26.9 Å². The summed E-state index contributed by atoms with van der Waals surface area (Å²) >= 11 is 5.34. The lowest BCUT2D eigenvalue weighted by Crippen LogP contribution is -2.40. The zero-order valence-electron chi connectivity index (χ0n) is 18.0. The maximum Gasteiger partial charge on any atom is 0.166 e. The summed E-state index contributed by atoms with van der Waals surface area (Å²) in [7, 11) is 1.54. The van der Waals surface area contributed by atoms with Gasteiger partial charge >= 0.3 is 0 Å². The molecule has 30 heavy (non-hydrogen) atoms. The molecule has 2 aromatic rings. The Morgan fingerprint density at radius 2 is 1.90 bits per heavy atom. The van der Waals surface area contributed by atoms with E-state index in [9.17, 15) is 5.11 Å². The Labute approximate surface area is 185 Å². The van der Waals surface area contributed by atoms with Gasteiger partial charge in [-0.15, -0.1) is 0 Å². The molecule has 3 N–H and O–H groups in total. The van der Waals surface area contributed by atoms with Crippen LogP contribution in [-0.2, 0) is 17.7 Å². The van der Waals surface area contributed by atoms with Gasteiger partial charge in [0.15, 0.2) is 16.6 Å². The van der Waals surface area contributed by atoms with E-state index in [0.717, 1.165) is 25.0 Å². The molecule has 0 amide bonds. The number of ether oxygens (including phenoxy) is 2. The fraction of sp³-hybridized carbons (Fsp3) is 0.458. The summed E-state index contributed by atoms with van der Waals surface area (Å²) in [4.78, 5) is 1.99. The van der Waals surface area contributed by atoms with Crippen molar-refractivity contribution in [1.82, 2.24) is 4.90 Å². The van der Waals surface area contributed by atoms with Gasteiger partial charge in [0.1, 0.15) is 0 Å². The topological polar surface area (TPSA) is 68.0 Å². The second-order valence-corrected chi connectivity index (χ2v) is 7.98. The van der Waals surface area contributed by atoms with Crippen molar-refractivity contribution >= 4 is 17.3 Å². The minimum atomic E-state index is 0.116. The van der Waals surface area contributed by atoms with Crippen molar-refractivity contribution in [1.29, 1.82) is 0 Å². The largest absolute Gasteiger partial charge is 0.504 e. The zero-order valence-corrected chi connectivity index (χ0v) is 18.9. The summed E-state index contributed by atoms with van der Waals surface area (Å²) in [5, 5.41) is 10.2. The Morgan fingerprint density at radius 3 is 2.57 bits per heavy atom. The molecule has 164 valence electrons. The summed E-state index contributed by atoms with van der Waals surface area (Å²) in [6, 6.07) is 15.7. The van der Waals surface area contributed by atoms with Crippen LogP contribution in [0.5, 0.6) is 11.5 Å². The minimum absolute atomic E-state index is 0.116. The molecule has 1 unspecified atom stereocenters. The highest BCUT2D eigenvalue weighted by Crippen LogP contribution is 2.27. The average molecular weight is 431 g/mol. The Kier molecular flexibility index (Phi) is 10.5. The Bertz CT molecular complexity index is 770. The summed E-state index contributed by atoms with van der Waals surface area (Å²) in [6.07, 6.45) is 4.35. The van der Waals surface area contributed by atoms with E-state index >= 15 is 0 Å². The molecule has 2 rings (SSSR count). The third kappa shape index (κ3) is 8.20. The molecule has 0 saturated carbocycles. The lowest BCUT2D eigenvalue weighted by Gasteiger charge is -2.28. The van der Waals surface area contributed by atoms with Gasteiger partial charge in [0.05, 0.1) is 13.7 Å². The van der Waals surface area contributed by atoms with E-state index in [-0.39, 0.29) is 11.7 Å². The molecule has 6 heteroatoms. The van der Waals surface area contributed by atoms with Crippen molar-refractivity contribution in [3.8, 4) is 11.5 Å². The van der Waals surface area contributed by atoms with Crippen LogP contribution in [-0.4, -0.2) is 42.0 Å². The van der Waals surface area contributed by atoms with Gasteiger partial charge in [-0.1, -0.05) is 56.2 Å². The monoisotopic (exact) mass is 430 g/mol. The molecule has 5 nitrogen and oxygen atoms in total. The predicted molar refractivity (Wildman–Crippen MR) is 126 cm³/mol. The third-order valence-electron chi connectivity index (χ3n) is 5.02. The second kappa shape index (κ2) is 13.1. The Balaban J connectivity index is 2.06. The number of rotatable bonds is 13. The minimum Gasteiger partial charge on any atom is -0.504 e. The smallest absolute Gasteiger partial charge is 0.166 e. The zero-order chi connectivity index (χ0) is 21.8. The standard InChI is InChI=1S/C24H34N2O3S/c1-3-4-8-13-29-18-21(14-19-9-6-5-7-10-19)17-26(24(25)30)16-20-11-12-22(27)23(15-20)28-2/h5-7,9-12,15,21,27H,3-4,8,13-14,16-18H2,1-2H3,(H2,25,30). The number of thiocarbonyl (C=S) groups is 1. The van der Waals surface area contributed by atoms with Gasteiger partial charge in [-0.25, -0.2) is 0 Å². The van der Waals surface area contributed by atoms with Crippen LogP contribution in [0.3, 0.4) is 0 Å². The molecule has 0 spiro atoms. The molecular formula is C24H34N2O3S. The summed E-state index contributed by atoms with van der Waals surface area (Å²) in [6.45, 7) is 4.88. The van der Waals surface area contributed by atoms with Gasteiger partial charge < -0.3 is 25.2 Å². The second-order valence-electron chi connectivity index (χ2n) is 7.56. The van der Waals surface area contributed by atoms with E-state index in [0.29, 0.717) is 30.6 Å². The highest BCUT2D eigenvalue weighted by atomic mass is 32.1. The molecule has 0 radical (unpaired) electrons. The van der Waals surface area contributed by atoms with Gasteiger partial charge in [-0.3, -0.25) is 0 Å². The number of hydrogen-bond acceptors (Lipinski definition) is 4. The fourth-order valence-corrected chi connectivity index (χ4v) is 3.55. The van der Waals surface area contributed by atoms with Gasteiger partial charge in [0, 0.05) is 25.6 Å². The van der Waals surface area contributed by atoms with E-state index in [1.165, 1.54) is 25.5 Å². The van der Waals surface area contributed by atoms with Crippen LogP contribution in [0.25, 0.3) is 0 Å². The number of phenols is 1. The van der Waals surface area contributed by atoms with Crippen LogP contribution in [0, 0.1) is 5.92 Å². The molecule has 0 heterocycles. The van der Waals surface area contributed by atoms with Crippen LogP contribution in [0.2, 0.25) is 0 Å². The highest BCUT2D eigenvalue weighted by molar-refractivity contribution is 7.80. The normalized spacial score (nSPS) is 11.8. The molecule has 0 aliphatic heterocycles. The number of aromatic hydroxyl groups is 1. The van der Waals surface area contributed by atoms with Crippen LogP contribution in [0.1, 0.15) is 37.3 Å². The third-order valence-corrected chi connectivity index (χ3v) is 5.28. The van der Waals surface area contributed by atoms with Crippen molar-refractivity contribution in [3.05, 3.63) is 59.7 Å². The number of nitrogens with two attached hydrogens (primary N) is 1. The van der Waals surface area contributed by atoms with Gasteiger partial charge in [-0.2, -0.15) is 0 Å². The van der Waals surface area contributed by atoms with Crippen LogP contribution in [0.15, 0.2) is 48.5 Å². The summed E-state index contributed by atoms with van der Waals surface area (Å²) in [5.41, 5.74) is 8.30. The van der Waals surface area contributed by atoms with E-state index in [4.69, 9.17) is 27.4 Å². The summed E-state index contributed by atoms with van der Waals surface area (Å²) < 4.78 is 11.2. The maximum absolute atomic E-state index is 9.84. The van der Waals surface area contributed by atoms with Crippen molar-refractivity contribution in [2.45, 2.75) is 39.2 Å². The first kappa shape index (κ1) is 24.0. The number of benzene rings is 2. The van der Waals surface area contributed by atoms with E-state index < -0.39 is 0 Å². The van der Waals surface area contributed by atoms with Crippen LogP contribution < -0.4 is 10.5 Å². The van der Waals surface area contributed by atoms with Gasteiger partial charge in [0.25, 0.3) is 0 Å². The number of methoxy groups -OCH3 is 1. The van der Waals surface area contributed by atoms with E-state index in [1.807, 2.05) is 23.1 Å². The van der Waals surface area contributed by atoms with E-state index in [1.54, 1.807) is 6.07 Å². The average Bonchev–Trinajstić information content (AvgIpc) is 2.74. The van der Waals surface area contributed by atoms with Gasteiger partial charge in [-0.05, 0) is 48.3 Å². The quantitative estimate of drug-likeness (QED) is 0.360. The van der Waals surface area contributed by atoms with Crippen LogP contribution in [0.4, 0.5) is 0 Å². The number of unbranched alkanes of at least 4 members (excludes halogenated alkanes) is 2. The van der Waals surface area contributed by atoms with Crippen LogP contribution >= 0.6 is 12.2 Å². The first-order valence-corrected chi connectivity index (χ1v) is 11.0. The molecule has 2 aromatic carbocycles. The molecular weight excluding hydrogens is 396 g/mol. The number of phenolic OH excluding ortho intramolecular Hbond substituents is 1. The van der Waals surface area contributed by atoms with Gasteiger partial charge in [0.2, 0.25) is 0 Å². The molecule has 1 atom stereocenters. The first-order chi connectivity index (χ1) is 14.5. The highest BCUT2D eigenvalue weighted by Gasteiger charge is 2.18. The van der Waals surface area contributed by atoms with Crippen molar-refractivity contribution < 1.29 is 14.6 Å². The molecule has 0 aliphatic rings. The predicted octanol–water partition coefficient (Wildman–Crippen LogP) is 4.51. The molecule has 0 bridgehead atoms. The van der Waals surface area contributed by atoms with Crippen molar-refractivity contribution in [2.24, 2.45) is 11.7 Å². The summed E-state index contributed by atoms with van der Waals surface area (Å²) in [5.74, 6) is 0.815. The first-order valence-electron chi connectivity index (χ1n) is 10.5. The Morgan fingerprint density at radius 1 is 1.13 bits per heavy atom. The number of nitrogens with zero attached hydrogens (tertiary/aromatic N) is 1. The number of hydrogen-bond donors (Lipinski definition) is 2. The lowest BCUT2D eigenvalue weighted by atomic mass is 9.99. The molecule has 0 fully saturated rings. The Hall–Kier alpha value is -2.31. The fourth-order valence-electron chi connectivity index (χ4n) is 3.41. The maximum atomic E-state index is 9.84. The van der Waals surface area contributed by atoms with E-state index in [2.05, 4.69) is 31.2 Å².